The first-order chi connectivity index (χ1) is 18.3. The van der Waals surface area contributed by atoms with E-state index >= 15 is 0 Å². The van der Waals surface area contributed by atoms with Crippen LogP contribution in [-0.2, 0) is 9.53 Å². The molecule has 0 radical (unpaired) electrons. The minimum Gasteiger partial charge on any atom is -0.478 e. The molecular formula is C29H24N2O6S. The molecule has 0 bridgehead atoms. The summed E-state index contributed by atoms with van der Waals surface area (Å²) in [6.07, 6.45) is 1.65. The number of hydrogen-bond donors (Lipinski definition) is 1. The van der Waals surface area contributed by atoms with Crippen LogP contribution < -0.4 is 14.9 Å². The number of aryl methyl sites for hydroxylation is 1. The molecule has 5 rings (SSSR count). The van der Waals surface area contributed by atoms with Crippen molar-refractivity contribution in [2.45, 2.75) is 26.8 Å². The molecule has 2 aromatic heterocycles. The second kappa shape index (κ2) is 10.1. The Kier molecular flexibility index (Phi) is 6.69. The van der Waals surface area contributed by atoms with Gasteiger partial charge in [-0.05, 0) is 50.6 Å². The van der Waals surface area contributed by atoms with E-state index < -0.39 is 18.0 Å². The molecule has 192 valence electrons. The van der Waals surface area contributed by atoms with Crippen molar-refractivity contribution in [1.82, 2.24) is 4.57 Å². The number of carboxylic acid groups (broad SMARTS) is 1. The minimum atomic E-state index is -1.00. The van der Waals surface area contributed by atoms with Crippen LogP contribution in [0.25, 0.3) is 17.4 Å². The van der Waals surface area contributed by atoms with Gasteiger partial charge in [-0.2, -0.15) is 0 Å². The van der Waals surface area contributed by atoms with E-state index in [1.165, 1.54) is 28.0 Å². The predicted molar refractivity (Wildman–Crippen MR) is 143 cm³/mol. The van der Waals surface area contributed by atoms with Gasteiger partial charge in [0.15, 0.2) is 4.80 Å². The Labute approximate surface area is 221 Å². The zero-order valence-corrected chi connectivity index (χ0v) is 21.7. The van der Waals surface area contributed by atoms with E-state index in [9.17, 15) is 14.4 Å². The van der Waals surface area contributed by atoms with E-state index in [0.29, 0.717) is 37.7 Å². The van der Waals surface area contributed by atoms with E-state index in [4.69, 9.17) is 14.3 Å². The SMILES string of the molecule is CCOC(=O)C1=C(C)N=c2sc(=Cc3ccc(-c4ccc(C(=O)O)cc4)o3)c(=O)n2[C@@H]1c1ccc(C)cc1. The Morgan fingerprint density at radius 2 is 1.79 bits per heavy atom. The van der Waals surface area contributed by atoms with E-state index in [1.54, 1.807) is 44.2 Å². The number of aromatic nitrogens is 1. The molecule has 38 heavy (non-hydrogen) atoms. The first-order valence-electron chi connectivity index (χ1n) is 12.0. The highest BCUT2D eigenvalue weighted by Crippen LogP contribution is 2.31. The Morgan fingerprint density at radius 1 is 1.08 bits per heavy atom. The van der Waals surface area contributed by atoms with Crippen LogP contribution in [0.15, 0.2) is 86.1 Å². The molecule has 0 saturated carbocycles. The summed E-state index contributed by atoms with van der Waals surface area (Å²) in [4.78, 5) is 42.8. The molecule has 1 aliphatic heterocycles. The lowest BCUT2D eigenvalue weighted by atomic mass is 9.95. The highest BCUT2D eigenvalue weighted by atomic mass is 32.1. The Morgan fingerprint density at radius 3 is 2.45 bits per heavy atom. The highest BCUT2D eigenvalue weighted by molar-refractivity contribution is 7.07. The molecule has 0 amide bonds. The van der Waals surface area contributed by atoms with Crippen molar-refractivity contribution in [3.63, 3.8) is 0 Å². The normalized spacial score (nSPS) is 15.2. The van der Waals surface area contributed by atoms with Crippen LogP contribution in [0.2, 0.25) is 0 Å². The fourth-order valence-electron chi connectivity index (χ4n) is 4.35. The van der Waals surface area contributed by atoms with Crippen molar-refractivity contribution in [1.29, 1.82) is 0 Å². The van der Waals surface area contributed by atoms with Gasteiger partial charge in [-0.15, -0.1) is 0 Å². The zero-order chi connectivity index (χ0) is 27.0. The molecule has 0 aliphatic carbocycles. The lowest BCUT2D eigenvalue weighted by Gasteiger charge is -2.24. The van der Waals surface area contributed by atoms with Crippen molar-refractivity contribution >= 4 is 29.4 Å². The van der Waals surface area contributed by atoms with E-state index in [1.807, 2.05) is 31.2 Å². The smallest absolute Gasteiger partial charge is 0.338 e. The number of benzene rings is 2. The molecule has 9 heteroatoms. The molecule has 3 heterocycles. The zero-order valence-electron chi connectivity index (χ0n) is 20.9. The number of carbonyl (C=O) groups excluding carboxylic acids is 1. The lowest BCUT2D eigenvalue weighted by molar-refractivity contribution is -0.139. The Balaban J connectivity index is 1.59. The molecule has 0 unspecified atom stereocenters. The van der Waals surface area contributed by atoms with Crippen LogP contribution in [-0.4, -0.2) is 28.2 Å². The van der Waals surface area contributed by atoms with Gasteiger partial charge in [-0.3, -0.25) is 9.36 Å². The van der Waals surface area contributed by atoms with Gasteiger partial charge in [0, 0.05) is 11.6 Å². The van der Waals surface area contributed by atoms with Gasteiger partial charge in [-0.25, -0.2) is 14.6 Å². The second-order valence-electron chi connectivity index (χ2n) is 8.80. The van der Waals surface area contributed by atoms with Crippen molar-refractivity contribution < 1.29 is 23.8 Å². The summed E-state index contributed by atoms with van der Waals surface area (Å²) in [5.41, 5.74) is 3.29. The monoisotopic (exact) mass is 528 g/mol. The minimum absolute atomic E-state index is 0.183. The topological polar surface area (TPSA) is 111 Å². The number of carboxylic acids is 1. The predicted octanol–water partition coefficient (Wildman–Crippen LogP) is 4.06. The third kappa shape index (κ3) is 4.64. The standard InChI is InChI=1S/C29H24N2O6S/c1-4-36-28(35)24-17(3)30-29-31(25(24)19-7-5-16(2)6-8-19)26(32)23(38-29)15-21-13-14-22(37-21)18-9-11-20(12-10-18)27(33)34/h5-15,25H,4H2,1-3H3,(H,33,34)/t25-/m1/s1. The maximum absolute atomic E-state index is 13.7. The summed E-state index contributed by atoms with van der Waals surface area (Å²) in [6, 6.07) is 16.9. The van der Waals surface area contributed by atoms with Gasteiger partial charge in [0.2, 0.25) is 0 Å². The summed E-state index contributed by atoms with van der Waals surface area (Å²) in [5, 5.41) is 9.11. The molecule has 1 atom stereocenters. The summed E-state index contributed by atoms with van der Waals surface area (Å²) in [6.45, 7) is 5.67. The second-order valence-corrected chi connectivity index (χ2v) is 9.81. The molecule has 2 aromatic carbocycles. The maximum atomic E-state index is 13.7. The average molecular weight is 529 g/mol. The van der Waals surface area contributed by atoms with Gasteiger partial charge in [0.05, 0.1) is 34.0 Å². The van der Waals surface area contributed by atoms with Gasteiger partial charge < -0.3 is 14.3 Å². The number of esters is 1. The summed E-state index contributed by atoms with van der Waals surface area (Å²) in [5.74, 6) is -0.504. The quantitative estimate of drug-likeness (QED) is 0.378. The Hall–Kier alpha value is -4.50. The van der Waals surface area contributed by atoms with Gasteiger partial charge in [0.1, 0.15) is 11.5 Å². The molecule has 8 nitrogen and oxygen atoms in total. The molecule has 0 spiro atoms. The number of ether oxygens (including phenoxy) is 1. The number of nitrogens with zero attached hydrogens (tertiary/aromatic N) is 2. The van der Waals surface area contributed by atoms with Crippen LogP contribution in [0, 0.1) is 6.92 Å². The molecule has 0 saturated heterocycles. The number of thiazole rings is 1. The summed E-state index contributed by atoms with van der Waals surface area (Å²) >= 11 is 1.22. The molecule has 4 aromatic rings. The van der Waals surface area contributed by atoms with Crippen LogP contribution in [0.5, 0.6) is 0 Å². The molecule has 0 fully saturated rings. The van der Waals surface area contributed by atoms with Gasteiger partial charge in [0.25, 0.3) is 5.56 Å². The van der Waals surface area contributed by atoms with Crippen molar-refractivity contribution in [3.05, 3.63) is 114 Å². The molecular weight excluding hydrogens is 504 g/mol. The molecule has 1 N–H and O–H groups in total. The van der Waals surface area contributed by atoms with Crippen molar-refractivity contribution in [2.24, 2.45) is 4.99 Å². The average Bonchev–Trinajstić information content (AvgIpc) is 3.48. The highest BCUT2D eigenvalue weighted by Gasteiger charge is 2.33. The third-order valence-corrected chi connectivity index (χ3v) is 7.21. The third-order valence-electron chi connectivity index (χ3n) is 6.23. The van der Waals surface area contributed by atoms with Crippen LogP contribution in [0.3, 0.4) is 0 Å². The fraction of sp³-hybridized carbons (Fsp3) is 0.172. The number of aromatic carboxylic acids is 1. The maximum Gasteiger partial charge on any atom is 0.338 e. The Bertz CT molecular complexity index is 1750. The van der Waals surface area contributed by atoms with Crippen LogP contribution in [0.4, 0.5) is 0 Å². The van der Waals surface area contributed by atoms with Crippen LogP contribution >= 0.6 is 11.3 Å². The number of rotatable bonds is 6. The molecule has 1 aliphatic rings. The van der Waals surface area contributed by atoms with Crippen molar-refractivity contribution in [2.75, 3.05) is 6.61 Å². The summed E-state index contributed by atoms with van der Waals surface area (Å²) in [7, 11) is 0. The number of hydrogen-bond acceptors (Lipinski definition) is 7. The first kappa shape index (κ1) is 25.2. The number of carbonyl (C=O) groups is 2. The first-order valence-corrected chi connectivity index (χ1v) is 12.8. The van der Waals surface area contributed by atoms with Gasteiger partial charge >= 0.3 is 11.9 Å². The van der Waals surface area contributed by atoms with E-state index in [-0.39, 0.29) is 17.7 Å². The van der Waals surface area contributed by atoms with E-state index in [0.717, 1.165) is 11.1 Å². The number of allylic oxidation sites excluding steroid dienone is 1. The fourth-order valence-corrected chi connectivity index (χ4v) is 5.37. The number of fused-ring (bicyclic) bond motifs is 1. The number of furan rings is 1. The van der Waals surface area contributed by atoms with Crippen LogP contribution in [0.1, 0.15) is 47.1 Å². The largest absolute Gasteiger partial charge is 0.478 e. The van der Waals surface area contributed by atoms with Crippen molar-refractivity contribution in [3.8, 4) is 11.3 Å². The van der Waals surface area contributed by atoms with Gasteiger partial charge in [-0.1, -0.05) is 53.3 Å². The summed E-state index contributed by atoms with van der Waals surface area (Å²) < 4.78 is 13.2. The van der Waals surface area contributed by atoms with E-state index in [2.05, 4.69) is 4.99 Å². The lowest BCUT2D eigenvalue weighted by Crippen LogP contribution is -2.39.